The summed E-state index contributed by atoms with van der Waals surface area (Å²) in [6, 6.07) is 34.4. The first-order valence-corrected chi connectivity index (χ1v) is 11.3. The van der Waals surface area contributed by atoms with Gasteiger partial charge in [-0.1, -0.05) is 85.5 Å². The van der Waals surface area contributed by atoms with Crippen molar-refractivity contribution in [3.05, 3.63) is 122 Å². The Morgan fingerprint density at radius 1 is 0.545 bits per heavy atom. The fourth-order valence-corrected chi connectivity index (χ4v) is 5.04. The molecular formula is C31H24N2. The maximum absolute atomic E-state index is 4.20. The number of benzene rings is 4. The lowest BCUT2D eigenvalue weighted by molar-refractivity contribution is 1.20. The molecule has 0 aliphatic heterocycles. The van der Waals surface area contributed by atoms with Gasteiger partial charge in [-0.2, -0.15) is 0 Å². The standard InChI is InChI=1S/C31H24N2/c1-3-22(32-28-17-9-5-13-24(28)25-14-6-10-18-29(25)32)21-23(4-2)33-30-19-11-7-15-26(30)27-16-8-12-20-31(27)33/h3-21H,1H2,2H3/b22-21+,23-4+. The van der Waals surface area contributed by atoms with Crippen LogP contribution in [-0.4, -0.2) is 9.13 Å². The number of aromatic nitrogens is 2. The van der Waals surface area contributed by atoms with E-state index in [4.69, 9.17) is 0 Å². The SMILES string of the molecule is C=C/C(=C\C(=C/C)n1c2ccccc2c2ccccc21)n1c2ccccc2c2ccccc21. The molecule has 33 heavy (non-hydrogen) atoms. The maximum atomic E-state index is 4.20. The lowest BCUT2D eigenvalue weighted by Crippen LogP contribution is -1.99. The zero-order chi connectivity index (χ0) is 22.4. The third kappa shape index (κ3) is 2.88. The van der Waals surface area contributed by atoms with Gasteiger partial charge in [-0.25, -0.2) is 0 Å². The van der Waals surface area contributed by atoms with Crippen molar-refractivity contribution < 1.29 is 0 Å². The smallest absolute Gasteiger partial charge is 0.0541 e. The summed E-state index contributed by atoms with van der Waals surface area (Å²) in [5.74, 6) is 0. The average Bonchev–Trinajstić information content (AvgIpc) is 3.39. The second kappa shape index (κ2) is 7.68. The minimum absolute atomic E-state index is 1.04. The number of hydrogen-bond donors (Lipinski definition) is 0. The summed E-state index contributed by atoms with van der Waals surface area (Å²) in [7, 11) is 0. The first-order valence-electron chi connectivity index (χ1n) is 11.3. The van der Waals surface area contributed by atoms with E-state index in [-0.39, 0.29) is 0 Å². The Labute approximate surface area is 193 Å². The third-order valence-corrected chi connectivity index (χ3v) is 6.48. The van der Waals surface area contributed by atoms with Crippen molar-refractivity contribution in [3.63, 3.8) is 0 Å². The van der Waals surface area contributed by atoms with Gasteiger partial charge in [0.15, 0.2) is 0 Å². The van der Waals surface area contributed by atoms with E-state index in [1.807, 2.05) is 6.08 Å². The number of hydrogen-bond acceptors (Lipinski definition) is 0. The molecule has 0 unspecified atom stereocenters. The quantitative estimate of drug-likeness (QED) is 0.251. The van der Waals surface area contributed by atoms with Crippen molar-refractivity contribution in [1.29, 1.82) is 0 Å². The highest BCUT2D eigenvalue weighted by Gasteiger charge is 2.15. The Bertz CT molecular complexity index is 1630. The number of rotatable bonds is 4. The predicted molar refractivity (Wildman–Crippen MR) is 143 cm³/mol. The van der Waals surface area contributed by atoms with Gasteiger partial charge >= 0.3 is 0 Å². The second-order valence-corrected chi connectivity index (χ2v) is 8.23. The van der Waals surface area contributed by atoms with Crippen LogP contribution in [0.2, 0.25) is 0 Å². The highest BCUT2D eigenvalue weighted by molar-refractivity contribution is 6.12. The van der Waals surface area contributed by atoms with E-state index in [0.717, 1.165) is 11.4 Å². The van der Waals surface area contributed by atoms with Crippen LogP contribution in [-0.2, 0) is 0 Å². The summed E-state index contributed by atoms with van der Waals surface area (Å²) in [6.45, 7) is 6.30. The number of allylic oxidation sites excluding steroid dienone is 5. The summed E-state index contributed by atoms with van der Waals surface area (Å²) < 4.78 is 4.66. The van der Waals surface area contributed by atoms with E-state index in [1.54, 1.807) is 0 Å². The van der Waals surface area contributed by atoms with Crippen LogP contribution < -0.4 is 0 Å². The Morgan fingerprint density at radius 2 is 0.879 bits per heavy atom. The minimum atomic E-state index is 1.04. The Kier molecular flexibility index (Phi) is 4.51. The van der Waals surface area contributed by atoms with Crippen LogP contribution in [0.5, 0.6) is 0 Å². The lowest BCUT2D eigenvalue weighted by atomic mass is 10.2. The van der Waals surface area contributed by atoms with Gasteiger partial charge in [0.1, 0.15) is 0 Å². The molecule has 0 aliphatic carbocycles. The zero-order valence-corrected chi connectivity index (χ0v) is 18.6. The fourth-order valence-electron chi connectivity index (χ4n) is 5.04. The zero-order valence-electron chi connectivity index (χ0n) is 18.6. The van der Waals surface area contributed by atoms with Crippen molar-refractivity contribution in [2.75, 3.05) is 0 Å². The molecule has 6 rings (SSSR count). The van der Waals surface area contributed by atoms with Crippen molar-refractivity contribution >= 4 is 55.0 Å². The molecule has 0 fully saturated rings. The second-order valence-electron chi connectivity index (χ2n) is 8.23. The minimum Gasteiger partial charge on any atom is -0.310 e. The molecule has 0 N–H and O–H groups in total. The first kappa shape index (κ1) is 19.4. The molecule has 0 saturated carbocycles. The molecule has 0 spiro atoms. The van der Waals surface area contributed by atoms with E-state index < -0.39 is 0 Å². The van der Waals surface area contributed by atoms with E-state index in [2.05, 4.69) is 132 Å². The van der Waals surface area contributed by atoms with Gasteiger partial charge in [0.25, 0.3) is 0 Å². The van der Waals surface area contributed by atoms with Crippen LogP contribution in [0.4, 0.5) is 0 Å². The Hall–Kier alpha value is -4.30. The molecule has 2 nitrogen and oxygen atoms in total. The first-order chi connectivity index (χ1) is 16.3. The molecule has 2 heterocycles. The molecule has 2 aromatic heterocycles. The van der Waals surface area contributed by atoms with Crippen LogP contribution in [0.25, 0.3) is 55.0 Å². The topological polar surface area (TPSA) is 9.86 Å². The predicted octanol–water partition coefficient (Wildman–Crippen LogP) is 8.49. The molecule has 6 aromatic rings. The summed E-state index contributed by atoms with van der Waals surface area (Å²) in [5, 5.41) is 5.02. The van der Waals surface area contributed by atoms with E-state index in [9.17, 15) is 0 Å². The molecular weight excluding hydrogens is 400 g/mol. The molecule has 0 bridgehead atoms. The van der Waals surface area contributed by atoms with Gasteiger partial charge in [-0.3, -0.25) is 0 Å². The molecule has 4 aromatic carbocycles. The molecule has 0 saturated heterocycles. The van der Waals surface area contributed by atoms with Gasteiger partial charge in [0, 0.05) is 32.9 Å². The number of fused-ring (bicyclic) bond motifs is 6. The monoisotopic (exact) mass is 424 g/mol. The molecule has 0 atom stereocenters. The van der Waals surface area contributed by atoms with Gasteiger partial charge < -0.3 is 9.13 Å². The summed E-state index contributed by atoms with van der Waals surface area (Å²) >= 11 is 0. The van der Waals surface area contributed by atoms with E-state index >= 15 is 0 Å². The fraction of sp³-hybridized carbons (Fsp3) is 0.0323. The highest BCUT2D eigenvalue weighted by atomic mass is 15.0. The van der Waals surface area contributed by atoms with Gasteiger partial charge in [0.2, 0.25) is 0 Å². The van der Waals surface area contributed by atoms with Crippen molar-refractivity contribution in [2.45, 2.75) is 6.92 Å². The van der Waals surface area contributed by atoms with Crippen LogP contribution >= 0.6 is 0 Å². The van der Waals surface area contributed by atoms with Crippen molar-refractivity contribution in [3.8, 4) is 0 Å². The van der Waals surface area contributed by atoms with Crippen LogP contribution in [0, 0.1) is 0 Å². The van der Waals surface area contributed by atoms with Crippen LogP contribution in [0.3, 0.4) is 0 Å². The highest BCUT2D eigenvalue weighted by Crippen LogP contribution is 2.35. The Balaban J connectivity index is 1.65. The van der Waals surface area contributed by atoms with Crippen molar-refractivity contribution in [2.24, 2.45) is 0 Å². The molecule has 2 heteroatoms. The molecule has 0 amide bonds. The van der Waals surface area contributed by atoms with Gasteiger partial charge in [-0.15, -0.1) is 0 Å². The van der Waals surface area contributed by atoms with Crippen LogP contribution in [0.15, 0.2) is 122 Å². The molecule has 158 valence electrons. The van der Waals surface area contributed by atoms with E-state index in [0.29, 0.717) is 0 Å². The summed E-state index contributed by atoms with van der Waals surface area (Å²) in [4.78, 5) is 0. The number of para-hydroxylation sites is 4. The van der Waals surface area contributed by atoms with Crippen molar-refractivity contribution in [1.82, 2.24) is 9.13 Å². The number of nitrogens with zero attached hydrogens (tertiary/aromatic N) is 2. The molecule has 0 radical (unpaired) electrons. The summed E-state index contributed by atoms with van der Waals surface area (Å²) in [6.07, 6.45) is 6.37. The lowest BCUT2D eigenvalue weighted by Gasteiger charge is -2.13. The average molecular weight is 425 g/mol. The Morgan fingerprint density at radius 3 is 1.21 bits per heavy atom. The summed E-state index contributed by atoms with van der Waals surface area (Å²) in [5.41, 5.74) is 6.93. The van der Waals surface area contributed by atoms with E-state index in [1.165, 1.54) is 43.6 Å². The van der Waals surface area contributed by atoms with Gasteiger partial charge in [-0.05, 0) is 43.3 Å². The third-order valence-electron chi connectivity index (χ3n) is 6.48. The van der Waals surface area contributed by atoms with Gasteiger partial charge in [0.05, 0.1) is 22.1 Å². The largest absolute Gasteiger partial charge is 0.310 e. The maximum Gasteiger partial charge on any atom is 0.0541 e. The van der Waals surface area contributed by atoms with Crippen LogP contribution in [0.1, 0.15) is 6.92 Å². The normalized spacial score (nSPS) is 12.9. The molecule has 0 aliphatic rings.